The van der Waals surface area contributed by atoms with Gasteiger partial charge in [-0.25, -0.2) is 0 Å². The summed E-state index contributed by atoms with van der Waals surface area (Å²) in [6, 6.07) is 10.5. The van der Waals surface area contributed by atoms with Crippen LogP contribution in [0.2, 0.25) is 0 Å². The zero-order chi connectivity index (χ0) is 16.6. The van der Waals surface area contributed by atoms with Gasteiger partial charge >= 0.3 is 0 Å². The fourth-order valence-electron chi connectivity index (χ4n) is 2.07. The number of hydrogen-bond donors (Lipinski definition) is 3. The molecule has 23 heavy (non-hydrogen) atoms. The van der Waals surface area contributed by atoms with E-state index in [9.17, 15) is 20.1 Å². The predicted octanol–water partition coefficient (Wildman–Crippen LogP) is 3.21. The summed E-state index contributed by atoms with van der Waals surface area (Å²) >= 11 is 6.40. The lowest BCUT2D eigenvalue weighted by molar-refractivity contribution is -0.113. The number of phenols is 3. The Balaban J connectivity index is 1.92. The van der Waals surface area contributed by atoms with Crippen LogP contribution in [0.3, 0.4) is 0 Å². The Morgan fingerprint density at radius 1 is 1.00 bits per heavy atom. The van der Waals surface area contributed by atoms with Crippen LogP contribution in [-0.4, -0.2) is 25.5 Å². The highest BCUT2D eigenvalue weighted by molar-refractivity contribution is 8.27. The van der Waals surface area contributed by atoms with Crippen LogP contribution >= 0.6 is 24.0 Å². The number of phenolic OH excluding ortho intramolecular Hbond substituents is 3. The average molecular weight is 345 g/mol. The third-order valence-electron chi connectivity index (χ3n) is 3.20. The van der Waals surface area contributed by atoms with Gasteiger partial charge in [0, 0.05) is 0 Å². The van der Waals surface area contributed by atoms with E-state index in [0.717, 1.165) is 11.8 Å². The topological polar surface area (TPSA) is 81.0 Å². The van der Waals surface area contributed by atoms with Crippen molar-refractivity contribution in [2.45, 2.75) is 0 Å². The Kier molecular flexibility index (Phi) is 3.97. The van der Waals surface area contributed by atoms with E-state index < -0.39 is 0 Å². The molecule has 3 N–H and O–H groups in total. The van der Waals surface area contributed by atoms with Gasteiger partial charge in [-0.1, -0.05) is 30.0 Å². The van der Waals surface area contributed by atoms with Crippen LogP contribution in [0.25, 0.3) is 6.08 Å². The van der Waals surface area contributed by atoms with Crippen LogP contribution in [0.4, 0.5) is 5.69 Å². The Hall–Kier alpha value is -2.51. The van der Waals surface area contributed by atoms with Crippen molar-refractivity contribution in [1.82, 2.24) is 0 Å². The summed E-state index contributed by atoms with van der Waals surface area (Å²) in [6.45, 7) is 0. The minimum Gasteiger partial charge on any atom is -0.508 e. The molecule has 2 aromatic rings. The Bertz CT molecular complexity index is 830. The molecule has 0 bridgehead atoms. The molecule has 1 fully saturated rings. The van der Waals surface area contributed by atoms with E-state index in [0.29, 0.717) is 20.5 Å². The molecular formula is C16H11NO4S2. The van der Waals surface area contributed by atoms with Gasteiger partial charge < -0.3 is 15.3 Å². The summed E-state index contributed by atoms with van der Waals surface area (Å²) in [6.07, 6.45) is 1.60. The van der Waals surface area contributed by atoms with Crippen molar-refractivity contribution in [3.8, 4) is 17.2 Å². The first-order valence-corrected chi connectivity index (χ1v) is 7.77. The maximum Gasteiger partial charge on any atom is 0.270 e. The number of nitrogens with zero attached hydrogens (tertiary/aromatic N) is 1. The molecule has 0 spiro atoms. The standard InChI is InChI=1S/C16H11NO4S2/c18-11-4-2-10(3-5-11)17-15(21)14(23-16(17)22)8-9-1-6-12(19)13(20)7-9/h1-8,18-20H/b14-8+. The molecule has 1 heterocycles. The number of anilines is 1. The first-order valence-electron chi connectivity index (χ1n) is 6.54. The summed E-state index contributed by atoms with van der Waals surface area (Å²) in [5.41, 5.74) is 1.15. The van der Waals surface area contributed by atoms with E-state index in [1.807, 2.05) is 0 Å². The minimum atomic E-state index is -0.279. The molecule has 0 aromatic heterocycles. The van der Waals surface area contributed by atoms with Crippen molar-refractivity contribution >= 4 is 46.0 Å². The summed E-state index contributed by atoms with van der Waals surface area (Å²) in [5, 5.41) is 28.2. The highest BCUT2D eigenvalue weighted by Gasteiger charge is 2.33. The Morgan fingerprint density at radius 2 is 1.70 bits per heavy atom. The van der Waals surface area contributed by atoms with Crippen LogP contribution in [-0.2, 0) is 4.79 Å². The van der Waals surface area contributed by atoms with Gasteiger partial charge in [-0.15, -0.1) is 0 Å². The van der Waals surface area contributed by atoms with Gasteiger partial charge in [0.1, 0.15) is 5.75 Å². The van der Waals surface area contributed by atoms with Crippen molar-refractivity contribution in [3.05, 3.63) is 52.9 Å². The van der Waals surface area contributed by atoms with Crippen molar-refractivity contribution in [1.29, 1.82) is 0 Å². The summed E-state index contributed by atoms with van der Waals surface area (Å²) in [7, 11) is 0. The van der Waals surface area contributed by atoms with Crippen LogP contribution in [0.5, 0.6) is 17.2 Å². The molecule has 2 aromatic carbocycles. The zero-order valence-corrected chi connectivity index (χ0v) is 13.3. The molecule has 116 valence electrons. The first kappa shape index (κ1) is 15.4. The van der Waals surface area contributed by atoms with Crippen molar-refractivity contribution in [2.24, 2.45) is 0 Å². The first-order chi connectivity index (χ1) is 11.0. The average Bonchev–Trinajstić information content (AvgIpc) is 2.79. The fourth-order valence-corrected chi connectivity index (χ4v) is 3.37. The summed E-state index contributed by atoms with van der Waals surface area (Å²) < 4.78 is 0.384. The molecule has 1 amide bonds. The van der Waals surface area contributed by atoms with E-state index in [1.165, 1.54) is 29.2 Å². The van der Waals surface area contributed by atoms with Gasteiger partial charge in [0.05, 0.1) is 10.6 Å². The lowest BCUT2D eigenvalue weighted by Gasteiger charge is -2.14. The van der Waals surface area contributed by atoms with Gasteiger partial charge in [0.25, 0.3) is 5.91 Å². The third kappa shape index (κ3) is 3.01. The summed E-state index contributed by atoms with van der Waals surface area (Å²) in [5.74, 6) is -0.654. The van der Waals surface area contributed by atoms with Crippen LogP contribution in [0.15, 0.2) is 47.4 Å². The molecule has 3 rings (SSSR count). The number of carbonyl (C=O) groups excluding carboxylic acids is 1. The van der Waals surface area contributed by atoms with E-state index in [4.69, 9.17) is 12.2 Å². The number of rotatable bonds is 2. The van der Waals surface area contributed by atoms with E-state index in [1.54, 1.807) is 24.3 Å². The second kappa shape index (κ2) is 5.94. The van der Waals surface area contributed by atoms with Crippen molar-refractivity contribution in [3.63, 3.8) is 0 Å². The van der Waals surface area contributed by atoms with E-state index >= 15 is 0 Å². The van der Waals surface area contributed by atoms with Gasteiger partial charge in [0.15, 0.2) is 15.8 Å². The molecule has 0 atom stereocenters. The second-order valence-electron chi connectivity index (χ2n) is 4.78. The lowest BCUT2D eigenvalue weighted by Crippen LogP contribution is -2.27. The Labute approximate surface area is 141 Å². The normalized spacial score (nSPS) is 16.3. The van der Waals surface area contributed by atoms with Crippen molar-refractivity contribution < 1.29 is 20.1 Å². The predicted molar refractivity (Wildman–Crippen MR) is 93.5 cm³/mol. The molecule has 7 heteroatoms. The Morgan fingerprint density at radius 3 is 2.35 bits per heavy atom. The van der Waals surface area contributed by atoms with E-state index in [2.05, 4.69) is 0 Å². The number of carbonyl (C=O) groups is 1. The fraction of sp³-hybridized carbons (Fsp3) is 0. The number of aromatic hydroxyl groups is 3. The van der Waals surface area contributed by atoms with Gasteiger partial charge in [0.2, 0.25) is 0 Å². The molecule has 0 radical (unpaired) electrons. The number of amides is 1. The van der Waals surface area contributed by atoms with Crippen LogP contribution in [0.1, 0.15) is 5.56 Å². The maximum absolute atomic E-state index is 12.5. The van der Waals surface area contributed by atoms with Gasteiger partial charge in [-0.05, 0) is 48.0 Å². The van der Waals surface area contributed by atoms with Gasteiger partial charge in [-0.3, -0.25) is 9.69 Å². The number of hydrogen-bond acceptors (Lipinski definition) is 6. The maximum atomic E-state index is 12.5. The highest BCUT2D eigenvalue weighted by Crippen LogP contribution is 2.37. The van der Waals surface area contributed by atoms with E-state index in [-0.39, 0.29) is 23.2 Å². The monoisotopic (exact) mass is 345 g/mol. The van der Waals surface area contributed by atoms with Gasteiger partial charge in [-0.2, -0.15) is 0 Å². The third-order valence-corrected chi connectivity index (χ3v) is 4.50. The molecular weight excluding hydrogens is 334 g/mol. The minimum absolute atomic E-state index is 0.106. The van der Waals surface area contributed by atoms with Crippen LogP contribution < -0.4 is 4.90 Å². The molecule has 1 aliphatic rings. The largest absolute Gasteiger partial charge is 0.508 e. The number of benzene rings is 2. The molecule has 1 aliphatic heterocycles. The molecule has 0 saturated carbocycles. The van der Waals surface area contributed by atoms with Crippen molar-refractivity contribution in [2.75, 3.05) is 4.90 Å². The quantitative estimate of drug-likeness (QED) is 0.441. The molecule has 0 aliphatic carbocycles. The number of thiocarbonyl (C=S) groups is 1. The smallest absolute Gasteiger partial charge is 0.270 e. The summed E-state index contributed by atoms with van der Waals surface area (Å²) in [4.78, 5) is 14.3. The SMILES string of the molecule is O=C1/C(=C\c2ccc(O)c(O)c2)SC(=S)N1c1ccc(O)cc1. The zero-order valence-electron chi connectivity index (χ0n) is 11.6. The van der Waals surface area contributed by atoms with Crippen LogP contribution in [0, 0.1) is 0 Å². The number of thioether (sulfide) groups is 1. The molecule has 0 unspecified atom stereocenters. The molecule has 1 saturated heterocycles. The highest BCUT2D eigenvalue weighted by atomic mass is 32.2. The molecule has 5 nitrogen and oxygen atoms in total. The lowest BCUT2D eigenvalue weighted by atomic mass is 10.2. The second-order valence-corrected chi connectivity index (χ2v) is 6.46.